The van der Waals surface area contributed by atoms with Crippen molar-refractivity contribution in [2.45, 2.75) is 12.5 Å². The van der Waals surface area contributed by atoms with Crippen molar-refractivity contribution in [1.29, 1.82) is 0 Å². The van der Waals surface area contributed by atoms with Gasteiger partial charge in [0.15, 0.2) is 0 Å². The standard InChI is InChI=1S/C29H23ClN6O4/c30-18-5-1-4-17(11-18)24(37)15-33-21-6-9-32-27(38)25(21)26-34-22-12-19-20(13-23(22)35-26)29(40)36(28(19)39)10-7-16-3-2-8-31-14-16/h1-6,8-9,11-14,24,37H,7,10,15H2,(H,34,35)(H2,32,33,38). The maximum Gasteiger partial charge on any atom is 0.261 e. The molecule has 40 heavy (non-hydrogen) atoms. The van der Waals surface area contributed by atoms with E-state index in [2.05, 4.69) is 25.3 Å². The number of hydrogen-bond donors (Lipinski definition) is 4. The average molecular weight is 555 g/mol. The Labute approximate surface area is 232 Å². The van der Waals surface area contributed by atoms with Gasteiger partial charge in [-0.2, -0.15) is 0 Å². The number of imidazole rings is 1. The lowest BCUT2D eigenvalue weighted by molar-refractivity contribution is 0.0656. The van der Waals surface area contributed by atoms with Crippen LogP contribution >= 0.6 is 11.6 Å². The first kappa shape index (κ1) is 25.5. The van der Waals surface area contributed by atoms with Gasteiger partial charge in [-0.25, -0.2) is 4.98 Å². The number of fused-ring (bicyclic) bond motifs is 2. The number of carbonyl (C=O) groups excluding carboxylic acids is 2. The van der Waals surface area contributed by atoms with Crippen LogP contribution < -0.4 is 10.9 Å². The number of anilines is 1. The Bertz CT molecular complexity index is 1760. The van der Waals surface area contributed by atoms with Crippen molar-refractivity contribution < 1.29 is 14.7 Å². The number of aliphatic hydroxyl groups excluding tert-OH is 1. The summed E-state index contributed by atoms with van der Waals surface area (Å²) in [5, 5.41) is 14.2. The van der Waals surface area contributed by atoms with Gasteiger partial charge < -0.3 is 20.4 Å². The fraction of sp³-hybridized carbons (Fsp3) is 0.138. The van der Waals surface area contributed by atoms with Crippen LogP contribution in [0.3, 0.4) is 0 Å². The number of amides is 2. The summed E-state index contributed by atoms with van der Waals surface area (Å²) in [5.41, 5.74) is 3.34. The van der Waals surface area contributed by atoms with Gasteiger partial charge in [0.2, 0.25) is 0 Å². The zero-order valence-corrected chi connectivity index (χ0v) is 21.8. The minimum atomic E-state index is -0.873. The first-order chi connectivity index (χ1) is 19.4. The Morgan fingerprint density at radius 2 is 1.85 bits per heavy atom. The van der Waals surface area contributed by atoms with Crippen molar-refractivity contribution >= 4 is 40.1 Å². The Morgan fingerprint density at radius 1 is 1.02 bits per heavy atom. The molecular weight excluding hydrogens is 532 g/mol. The number of halogens is 1. The third-order valence-corrected chi connectivity index (χ3v) is 7.07. The average Bonchev–Trinajstić information content (AvgIpc) is 3.47. The highest BCUT2D eigenvalue weighted by Crippen LogP contribution is 2.30. The van der Waals surface area contributed by atoms with Crippen molar-refractivity contribution in [3.05, 3.63) is 111 Å². The molecule has 0 saturated carbocycles. The van der Waals surface area contributed by atoms with Crippen LogP contribution in [-0.4, -0.2) is 54.8 Å². The van der Waals surface area contributed by atoms with E-state index in [4.69, 9.17) is 11.6 Å². The second-order valence-electron chi connectivity index (χ2n) is 9.42. The topological polar surface area (TPSA) is 144 Å². The van der Waals surface area contributed by atoms with Gasteiger partial charge in [-0.15, -0.1) is 0 Å². The number of benzene rings is 2. The van der Waals surface area contributed by atoms with E-state index in [-0.39, 0.29) is 47.4 Å². The van der Waals surface area contributed by atoms with E-state index in [1.807, 2.05) is 12.1 Å². The predicted octanol–water partition coefficient (Wildman–Crippen LogP) is 3.95. The highest BCUT2D eigenvalue weighted by molar-refractivity contribution is 6.30. The lowest BCUT2D eigenvalue weighted by Crippen LogP contribution is -2.31. The number of carbonyl (C=O) groups is 2. The Kier molecular flexibility index (Phi) is 6.63. The van der Waals surface area contributed by atoms with Crippen LogP contribution in [-0.2, 0) is 6.42 Å². The lowest BCUT2D eigenvalue weighted by Gasteiger charge is -2.15. The van der Waals surface area contributed by atoms with Gasteiger partial charge in [0.05, 0.1) is 34.0 Å². The molecule has 0 radical (unpaired) electrons. The van der Waals surface area contributed by atoms with Gasteiger partial charge >= 0.3 is 0 Å². The summed E-state index contributed by atoms with van der Waals surface area (Å²) in [7, 11) is 0. The van der Waals surface area contributed by atoms with Crippen molar-refractivity contribution in [3.63, 3.8) is 0 Å². The van der Waals surface area contributed by atoms with E-state index in [0.29, 0.717) is 33.7 Å². The lowest BCUT2D eigenvalue weighted by atomic mass is 10.1. The van der Waals surface area contributed by atoms with Gasteiger partial charge in [0, 0.05) is 36.7 Å². The number of nitrogens with zero attached hydrogens (tertiary/aromatic N) is 3. The number of pyridine rings is 2. The molecule has 0 fully saturated rings. The number of H-pyrrole nitrogens is 2. The molecule has 0 bridgehead atoms. The van der Waals surface area contributed by atoms with Gasteiger partial charge in [0.1, 0.15) is 11.4 Å². The number of aliphatic hydroxyl groups is 1. The molecule has 0 spiro atoms. The molecule has 200 valence electrons. The molecular formula is C29H23ClN6O4. The minimum absolute atomic E-state index is 0.114. The van der Waals surface area contributed by atoms with Crippen LogP contribution in [0.5, 0.6) is 0 Å². The fourth-order valence-electron chi connectivity index (χ4n) is 4.80. The highest BCUT2D eigenvalue weighted by atomic mass is 35.5. The van der Waals surface area contributed by atoms with Crippen LogP contribution in [0.15, 0.2) is 78.0 Å². The first-order valence-corrected chi connectivity index (χ1v) is 12.9. The summed E-state index contributed by atoms with van der Waals surface area (Å²) >= 11 is 6.04. The maximum absolute atomic E-state index is 13.1. The highest BCUT2D eigenvalue weighted by Gasteiger charge is 2.36. The van der Waals surface area contributed by atoms with Gasteiger partial charge in [-0.3, -0.25) is 24.3 Å². The molecule has 0 aliphatic carbocycles. The summed E-state index contributed by atoms with van der Waals surface area (Å²) in [4.78, 5) is 54.7. The van der Waals surface area contributed by atoms with E-state index < -0.39 is 11.7 Å². The van der Waals surface area contributed by atoms with Gasteiger partial charge in [-0.1, -0.05) is 29.8 Å². The third kappa shape index (κ3) is 4.74. The normalized spacial score (nSPS) is 13.6. The first-order valence-electron chi connectivity index (χ1n) is 12.6. The number of aromatic nitrogens is 4. The maximum atomic E-state index is 13.1. The van der Waals surface area contributed by atoms with Crippen molar-refractivity contribution in [3.8, 4) is 11.4 Å². The molecule has 6 rings (SSSR count). The summed E-state index contributed by atoms with van der Waals surface area (Å²) in [6, 6.07) is 15.4. The smallest absolute Gasteiger partial charge is 0.261 e. The van der Waals surface area contributed by atoms with Gasteiger partial charge in [-0.05, 0) is 53.9 Å². The number of hydrogen-bond acceptors (Lipinski definition) is 7. The van der Waals surface area contributed by atoms with Crippen LogP contribution in [0, 0.1) is 0 Å². The monoisotopic (exact) mass is 554 g/mol. The number of rotatable bonds is 8. The summed E-state index contributed by atoms with van der Waals surface area (Å²) in [6.45, 7) is 0.351. The zero-order chi connectivity index (χ0) is 27.8. The number of nitrogens with one attached hydrogen (secondary N) is 3. The second kappa shape index (κ2) is 10.4. The van der Waals surface area contributed by atoms with E-state index >= 15 is 0 Å². The molecule has 2 aromatic carbocycles. The largest absolute Gasteiger partial charge is 0.387 e. The zero-order valence-electron chi connectivity index (χ0n) is 21.0. The van der Waals surface area contributed by atoms with Crippen LogP contribution in [0.4, 0.5) is 5.69 Å². The molecule has 4 N–H and O–H groups in total. The molecule has 4 heterocycles. The molecule has 11 heteroatoms. The molecule has 3 aromatic heterocycles. The summed E-state index contributed by atoms with van der Waals surface area (Å²) in [5.74, 6) is -0.504. The molecule has 2 amide bonds. The second-order valence-corrected chi connectivity index (χ2v) is 9.86. The van der Waals surface area contributed by atoms with Gasteiger partial charge in [0.25, 0.3) is 17.4 Å². The van der Waals surface area contributed by atoms with Crippen LogP contribution in [0.2, 0.25) is 5.02 Å². The predicted molar refractivity (Wildman–Crippen MR) is 150 cm³/mol. The van der Waals surface area contributed by atoms with Crippen molar-refractivity contribution in [2.75, 3.05) is 18.4 Å². The Hall–Kier alpha value is -4.80. The molecule has 1 aliphatic rings. The number of aromatic amines is 2. The minimum Gasteiger partial charge on any atom is -0.387 e. The molecule has 1 unspecified atom stereocenters. The number of imide groups is 1. The Balaban J connectivity index is 1.26. The van der Waals surface area contributed by atoms with Crippen LogP contribution in [0.25, 0.3) is 22.4 Å². The van der Waals surface area contributed by atoms with E-state index in [1.54, 1.807) is 54.9 Å². The molecule has 1 aliphatic heterocycles. The third-order valence-electron chi connectivity index (χ3n) is 6.84. The van der Waals surface area contributed by atoms with Crippen LogP contribution in [0.1, 0.15) is 37.9 Å². The summed E-state index contributed by atoms with van der Waals surface area (Å²) < 4.78 is 0. The quantitative estimate of drug-likeness (QED) is 0.213. The SMILES string of the molecule is O=C1c2cc3nc(-c4c(NCC(O)c5cccc(Cl)c5)cc[nH]c4=O)[nH]c3cc2C(=O)N1CCc1cccnc1. The van der Waals surface area contributed by atoms with Crippen molar-refractivity contribution in [1.82, 2.24) is 24.8 Å². The molecule has 5 aromatic rings. The van der Waals surface area contributed by atoms with E-state index in [9.17, 15) is 19.5 Å². The fourth-order valence-corrected chi connectivity index (χ4v) is 5.00. The molecule has 0 saturated heterocycles. The summed E-state index contributed by atoms with van der Waals surface area (Å²) in [6.07, 6.45) is 4.50. The van der Waals surface area contributed by atoms with E-state index in [1.165, 1.54) is 11.1 Å². The Morgan fingerprint density at radius 3 is 2.62 bits per heavy atom. The molecule has 1 atom stereocenters. The van der Waals surface area contributed by atoms with E-state index in [0.717, 1.165) is 5.56 Å². The van der Waals surface area contributed by atoms with Crippen molar-refractivity contribution in [2.24, 2.45) is 0 Å². The molecule has 10 nitrogen and oxygen atoms in total.